The topological polar surface area (TPSA) is 71.4 Å². The number of nitrogens with zero attached hydrogens (tertiary/aromatic N) is 2. The number of carboxylic acid groups (broad SMARTS) is 1. The number of hydrogen-bond acceptors (Lipinski definition) is 5. The van der Waals surface area contributed by atoms with Gasteiger partial charge in [-0.15, -0.1) is 0 Å². The number of anilines is 1. The number of ether oxygens (including phenoxy) is 2. The number of carboxylic acids is 1. The minimum Gasteiger partial charge on any atom is -0.497 e. The predicted molar refractivity (Wildman–Crippen MR) is 136 cm³/mol. The maximum atomic E-state index is 11.3. The van der Waals surface area contributed by atoms with Crippen molar-refractivity contribution < 1.29 is 19.4 Å². The minimum atomic E-state index is -0.952. The Morgan fingerprint density at radius 1 is 0.829 bits per heavy atom. The molecule has 0 saturated heterocycles. The van der Waals surface area contributed by atoms with E-state index in [1.54, 1.807) is 31.4 Å². The van der Waals surface area contributed by atoms with Crippen LogP contribution in [0, 0.1) is 0 Å². The number of para-hydroxylation sites is 1. The Morgan fingerprint density at radius 2 is 1.46 bits per heavy atom. The zero-order chi connectivity index (χ0) is 24.2. The van der Waals surface area contributed by atoms with Gasteiger partial charge < -0.3 is 14.6 Å². The van der Waals surface area contributed by atoms with Crippen molar-refractivity contribution in [2.24, 2.45) is 5.10 Å². The van der Waals surface area contributed by atoms with Crippen LogP contribution in [0.3, 0.4) is 0 Å². The van der Waals surface area contributed by atoms with Crippen LogP contribution in [0.4, 0.5) is 5.69 Å². The van der Waals surface area contributed by atoms with E-state index in [1.807, 2.05) is 83.9 Å². The van der Waals surface area contributed by atoms with Gasteiger partial charge in [-0.3, -0.25) is 5.01 Å². The van der Waals surface area contributed by atoms with Crippen LogP contribution in [0.25, 0.3) is 0 Å². The molecule has 4 aromatic carbocycles. The molecule has 0 aliphatic carbocycles. The van der Waals surface area contributed by atoms with Crippen LogP contribution >= 0.6 is 0 Å². The van der Waals surface area contributed by atoms with Gasteiger partial charge in [-0.05, 0) is 83.9 Å². The van der Waals surface area contributed by atoms with E-state index < -0.39 is 5.97 Å². The average Bonchev–Trinajstić information content (AvgIpc) is 3.35. The van der Waals surface area contributed by atoms with Crippen LogP contribution in [0.5, 0.6) is 17.2 Å². The number of carbonyl (C=O) groups is 1. The Labute approximate surface area is 203 Å². The molecule has 1 atom stereocenters. The minimum absolute atomic E-state index is 0.0353. The molecule has 0 radical (unpaired) electrons. The maximum Gasteiger partial charge on any atom is 0.335 e. The molecule has 0 saturated carbocycles. The number of benzene rings is 4. The highest BCUT2D eigenvalue weighted by Crippen LogP contribution is 2.37. The van der Waals surface area contributed by atoms with Gasteiger partial charge in [-0.2, -0.15) is 5.10 Å². The lowest BCUT2D eigenvalue weighted by atomic mass is 9.98. The van der Waals surface area contributed by atoms with Crippen LogP contribution in [0.2, 0.25) is 0 Å². The van der Waals surface area contributed by atoms with Crippen molar-refractivity contribution in [2.75, 3.05) is 12.1 Å². The third kappa shape index (κ3) is 4.87. The normalized spacial score (nSPS) is 14.9. The van der Waals surface area contributed by atoms with Crippen molar-refractivity contribution >= 4 is 17.4 Å². The van der Waals surface area contributed by atoms with E-state index in [0.29, 0.717) is 6.42 Å². The molecular formula is C29H24N2O4. The van der Waals surface area contributed by atoms with Crippen LogP contribution < -0.4 is 14.5 Å². The zero-order valence-corrected chi connectivity index (χ0v) is 19.2. The summed E-state index contributed by atoms with van der Waals surface area (Å²) in [7, 11) is 1.65. The number of rotatable bonds is 7. The predicted octanol–water partition coefficient (Wildman–Crippen LogP) is 6.54. The fraction of sp³-hybridized carbons (Fsp3) is 0.103. The van der Waals surface area contributed by atoms with Crippen molar-refractivity contribution in [3.8, 4) is 17.2 Å². The van der Waals surface area contributed by atoms with Gasteiger partial charge in [0.25, 0.3) is 0 Å². The average molecular weight is 465 g/mol. The fourth-order valence-electron chi connectivity index (χ4n) is 4.11. The van der Waals surface area contributed by atoms with E-state index in [2.05, 4.69) is 0 Å². The van der Waals surface area contributed by atoms with Crippen LogP contribution in [0.15, 0.2) is 108 Å². The second-order valence-corrected chi connectivity index (χ2v) is 8.18. The summed E-state index contributed by atoms with van der Waals surface area (Å²) in [4.78, 5) is 11.3. The smallest absolute Gasteiger partial charge is 0.335 e. The molecule has 1 N–H and O–H groups in total. The first-order valence-electron chi connectivity index (χ1n) is 11.3. The summed E-state index contributed by atoms with van der Waals surface area (Å²) in [6, 6.07) is 32.3. The van der Waals surface area contributed by atoms with Gasteiger partial charge >= 0.3 is 5.97 Å². The number of methoxy groups -OCH3 is 1. The van der Waals surface area contributed by atoms with E-state index in [1.165, 1.54) is 0 Å². The van der Waals surface area contributed by atoms with Gasteiger partial charge in [0.15, 0.2) is 0 Å². The Morgan fingerprint density at radius 3 is 2.09 bits per heavy atom. The van der Waals surface area contributed by atoms with Gasteiger partial charge in [-0.25, -0.2) is 4.79 Å². The molecule has 174 valence electrons. The van der Waals surface area contributed by atoms with E-state index in [0.717, 1.165) is 39.8 Å². The molecule has 1 aliphatic heterocycles. The molecule has 0 spiro atoms. The highest BCUT2D eigenvalue weighted by molar-refractivity contribution is 6.03. The van der Waals surface area contributed by atoms with E-state index in [9.17, 15) is 9.90 Å². The van der Waals surface area contributed by atoms with E-state index in [4.69, 9.17) is 14.6 Å². The van der Waals surface area contributed by atoms with Crippen molar-refractivity contribution in [3.05, 3.63) is 120 Å². The lowest BCUT2D eigenvalue weighted by molar-refractivity contribution is 0.0697. The van der Waals surface area contributed by atoms with E-state index >= 15 is 0 Å². The molecule has 1 aliphatic rings. The molecule has 6 nitrogen and oxygen atoms in total. The largest absolute Gasteiger partial charge is 0.497 e. The molecule has 0 amide bonds. The first-order chi connectivity index (χ1) is 17.1. The summed E-state index contributed by atoms with van der Waals surface area (Å²) >= 11 is 0. The van der Waals surface area contributed by atoms with Crippen molar-refractivity contribution in [2.45, 2.75) is 12.5 Å². The molecule has 5 rings (SSSR count). The summed E-state index contributed by atoms with van der Waals surface area (Å²) < 4.78 is 11.2. The summed E-state index contributed by atoms with van der Waals surface area (Å²) in [5, 5.41) is 16.2. The highest BCUT2D eigenvalue weighted by Gasteiger charge is 2.30. The van der Waals surface area contributed by atoms with Crippen LogP contribution in [0.1, 0.15) is 33.9 Å². The third-order valence-corrected chi connectivity index (χ3v) is 5.96. The monoisotopic (exact) mass is 464 g/mol. The number of hydrogen-bond donors (Lipinski definition) is 1. The van der Waals surface area contributed by atoms with Crippen LogP contribution in [-0.4, -0.2) is 23.9 Å². The Kier molecular flexibility index (Phi) is 6.18. The highest BCUT2D eigenvalue weighted by atomic mass is 16.5. The summed E-state index contributed by atoms with van der Waals surface area (Å²) in [6.45, 7) is 0. The van der Waals surface area contributed by atoms with Gasteiger partial charge in [0.1, 0.15) is 17.2 Å². The van der Waals surface area contributed by atoms with Gasteiger partial charge in [0.2, 0.25) is 0 Å². The summed E-state index contributed by atoms with van der Waals surface area (Å²) in [5.41, 5.74) is 4.12. The summed E-state index contributed by atoms with van der Waals surface area (Å²) in [5.74, 6) is 1.38. The Hall–Kier alpha value is -4.58. The second kappa shape index (κ2) is 9.73. The molecular weight excluding hydrogens is 440 g/mol. The molecule has 0 fully saturated rings. The lowest BCUT2D eigenvalue weighted by Crippen LogP contribution is -2.18. The quantitative estimate of drug-likeness (QED) is 0.336. The standard InChI is InChI=1S/C29H24N2O4/c1-34-24-15-11-21(12-16-24)28-19-27(30-31(28)23-13-7-22(8-14-23)29(32)33)20-9-17-26(18-10-20)35-25-5-3-2-4-6-25/h2-18,28H,19H2,1H3,(H,32,33). The first kappa shape index (κ1) is 22.2. The maximum absolute atomic E-state index is 11.3. The number of aromatic carboxylic acids is 1. The number of hydrazone groups is 1. The molecule has 0 bridgehead atoms. The second-order valence-electron chi connectivity index (χ2n) is 8.18. The van der Waals surface area contributed by atoms with Gasteiger partial charge in [-0.1, -0.05) is 30.3 Å². The molecule has 0 aromatic heterocycles. The van der Waals surface area contributed by atoms with Gasteiger partial charge in [0, 0.05) is 6.42 Å². The Bertz CT molecular complexity index is 1330. The zero-order valence-electron chi connectivity index (χ0n) is 19.2. The van der Waals surface area contributed by atoms with Crippen molar-refractivity contribution in [1.29, 1.82) is 0 Å². The Balaban J connectivity index is 1.44. The molecule has 1 unspecified atom stereocenters. The lowest BCUT2D eigenvalue weighted by Gasteiger charge is -2.24. The molecule has 4 aromatic rings. The molecule has 6 heteroatoms. The van der Waals surface area contributed by atoms with E-state index in [-0.39, 0.29) is 11.6 Å². The molecule has 35 heavy (non-hydrogen) atoms. The first-order valence-corrected chi connectivity index (χ1v) is 11.3. The van der Waals surface area contributed by atoms with Crippen molar-refractivity contribution in [3.63, 3.8) is 0 Å². The van der Waals surface area contributed by atoms with Crippen LogP contribution in [-0.2, 0) is 0 Å². The fourth-order valence-corrected chi connectivity index (χ4v) is 4.11. The molecule has 1 heterocycles. The summed E-state index contributed by atoms with van der Waals surface area (Å²) in [6.07, 6.45) is 0.700. The SMILES string of the molecule is COc1ccc(C2CC(c3ccc(Oc4ccccc4)cc3)=NN2c2ccc(C(=O)O)cc2)cc1. The van der Waals surface area contributed by atoms with Gasteiger partial charge in [0.05, 0.1) is 30.1 Å². The van der Waals surface area contributed by atoms with Crippen molar-refractivity contribution in [1.82, 2.24) is 0 Å². The third-order valence-electron chi connectivity index (χ3n) is 5.96.